The molecule has 0 amide bonds. The number of nitrogens with one attached hydrogen (secondary N) is 3. The molecule has 17 heavy (non-hydrogen) atoms. The zero-order chi connectivity index (χ0) is 11.5. The summed E-state index contributed by atoms with van der Waals surface area (Å²) < 4.78 is 0. The molecule has 1 aliphatic heterocycles. The molecule has 1 aromatic heterocycles. The summed E-state index contributed by atoms with van der Waals surface area (Å²) in [5.41, 5.74) is 4.04. The molecule has 0 saturated heterocycles. The summed E-state index contributed by atoms with van der Waals surface area (Å²) in [5.74, 6) is 0.866. The fourth-order valence-corrected chi connectivity index (χ4v) is 2.19. The number of rotatable bonds is 4. The molecule has 0 atom stereocenters. The highest BCUT2D eigenvalue weighted by Gasteiger charge is 2.12. The average Bonchev–Trinajstić information content (AvgIpc) is 2.99. The maximum Gasteiger partial charge on any atom is 0.138 e. The lowest BCUT2D eigenvalue weighted by Crippen LogP contribution is -2.14. The number of benzene rings is 1. The maximum absolute atomic E-state index is 4.08. The number of para-hydroxylation sites is 1. The van der Waals surface area contributed by atoms with Crippen molar-refractivity contribution in [3.05, 3.63) is 41.5 Å². The number of aromatic amines is 1. The molecular weight excluding hydrogens is 214 g/mol. The second-order valence-corrected chi connectivity index (χ2v) is 4.16. The molecule has 0 unspecified atom stereocenters. The average molecular weight is 229 g/mol. The van der Waals surface area contributed by atoms with Crippen LogP contribution in [0.15, 0.2) is 24.5 Å². The van der Waals surface area contributed by atoms with Gasteiger partial charge in [-0.05, 0) is 17.5 Å². The Bertz CT molecular complexity index is 492. The van der Waals surface area contributed by atoms with Crippen LogP contribution in [-0.4, -0.2) is 21.7 Å². The quantitative estimate of drug-likeness (QED) is 0.733. The zero-order valence-corrected chi connectivity index (χ0v) is 9.53. The Kier molecular flexibility index (Phi) is 2.75. The second kappa shape index (κ2) is 4.55. The first-order valence-corrected chi connectivity index (χ1v) is 5.83. The lowest BCUT2D eigenvalue weighted by atomic mass is 10.1. The van der Waals surface area contributed by atoms with Crippen molar-refractivity contribution in [3.8, 4) is 0 Å². The van der Waals surface area contributed by atoms with E-state index >= 15 is 0 Å². The van der Waals surface area contributed by atoms with E-state index in [4.69, 9.17) is 0 Å². The van der Waals surface area contributed by atoms with Crippen LogP contribution in [0.3, 0.4) is 0 Å². The van der Waals surface area contributed by atoms with Gasteiger partial charge in [-0.15, -0.1) is 0 Å². The van der Waals surface area contributed by atoms with Gasteiger partial charge < -0.3 is 10.6 Å². The van der Waals surface area contributed by atoms with Gasteiger partial charge in [-0.25, -0.2) is 4.98 Å². The van der Waals surface area contributed by atoms with Crippen molar-refractivity contribution < 1.29 is 0 Å². The number of H-pyrrole nitrogens is 1. The molecule has 5 nitrogen and oxygen atoms in total. The Hall–Kier alpha value is -1.88. The van der Waals surface area contributed by atoms with Crippen molar-refractivity contribution in [2.24, 2.45) is 0 Å². The highest BCUT2D eigenvalue weighted by atomic mass is 15.2. The fourth-order valence-electron chi connectivity index (χ4n) is 2.19. The third-order valence-corrected chi connectivity index (χ3v) is 3.01. The monoisotopic (exact) mass is 229 g/mol. The van der Waals surface area contributed by atoms with E-state index in [0.717, 1.165) is 25.3 Å². The summed E-state index contributed by atoms with van der Waals surface area (Å²) in [6.45, 7) is 2.61. The first kappa shape index (κ1) is 10.3. The molecule has 1 aromatic carbocycles. The van der Waals surface area contributed by atoms with Crippen LogP contribution in [0.1, 0.15) is 17.0 Å². The van der Waals surface area contributed by atoms with Gasteiger partial charge in [0.2, 0.25) is 0 Å². The second-order valence-electron chi connectivity index (χ2n) is 4.16. The van der Waals surface area contributed by atoms with Gasteiger partial charge in [0.1, 0.15) is 12.2 Å². The molecule has 88 valence electrons. The minimum atomic E-state index is 0.712. The highest BCUT2D eigenvalue weighted by molar-refractivity contribution is 5.61. The highest BCUT2D eigenvalue weighted by Crippen LogP contribution is 2.26. The molecule has 1 aliphatic rings. The Morgan fingerprint density at radius 1 is 1.29 bits per heavy atom. The Morgan fingerprint density at radius 2 is 2.29 bits per heavy atom. The van der Waals surface area contributed by atoms with Gasteiger partial charge in [0.25, 0.3) is 0 Å². The van der Waals surface area contributed by atoms with Crippen LogP contribution in [-0.2, 0) is 19.5 Å². The third kappa shape index (κ3) is 2.14. The van der Waals surface area contributed by atoms with Gasteiger partial charge in [-0.2, -0.15) is 5.10 Å². The van der Waals surface area contributed by atoms with Gasteiger partial charge in [0.15, 0.2) is 0 Å². The molecule has 0 bridgehead atoms. The van der Waals surface area contributed by atoms with Crippen LogP contribution in [0.2, 0.25) is 0 Å². The predicted molar refractivity (Wildman–Crippen MR) is 65.6 cm³/mol. The first-order valence-electron chi connectivity index (χ1n) is 5.83. The summed E-state index contributed by atoms with van der Waals surface area (Å²) >= 11 is 0. The molecular formula is C12H15N5. The van der Waals surface area contributed by atoms with Crippen LogP contribution in [0.4, 0.5) is 5.69 Å². The van der Waals surface area contributed by atoms with E-state index < -0.39 is 0 Å². The summed E-state index contributed by atoms with van der Waals surface area (Å²) in [7, 11) is 0. The number of hydrogen-bond acceptors (Lipinski definition) is 4. The Morgan fingerprint density at radius 3 is 3.18 bits per heavy atom. The number of fused-ring (bicyclic) bond motifs is 1. The molecule has 2 heterocycles. The van der Waals surface area contributed by atoms with E-state index in [1.54, 1.807) is 0 Å². The van der Waals surface area contributed by atoms with E-state index in [-0.39, 0.29) is 0 Å². The lowest BCUT2D eigenvalue weighted by molar-refractivity contribution is 0.665. The van der Waals surface area contributed by atoms with E-state index in [9.17, 15) is 0 Å². The molecule has 0 spiro atoms. The number of aromatic nitrogens is 3. The Balaban J connectivity index is 1.64. The lowest BCUT2D eigenvalue weighted by Gasteiger charge is -2.09. The fraction of sp³-hybridized carbons (Fsp3) is 0.333. The number of anilines is 1. The minimum Gasteiger partial charge on any atom is -0.384 e. The van der Waals surface area contributed by atoms with Crippen molar-refractivity contribution in [1.82, 2.24) is 20.5 Å². The molecule has 0 aliphatic carbocycles. The summed E-state index contributed by atoms with van der Waals surface area (Å²) in [4.78, 5) is 4.08. The van der Waals surface area contributed by atoms with Crippen LogP contribution in [0.25, 0.3) is 0 Å². The summed E-state index contributed by atoms with van der Waals surface area (Å²) in [6.07, 6.45) is 2.66. The van der Waals surface area contributed by atoms with Crippen LogP contribution < -0.4 is 10.6 Å². The topological polar surface area (TPSA) is 65.6 Å². The van der Waals surface area contributed by atoms with Gasteiger partial charge >= 0.3 is 0 Å². The normalized spacial score (nSPS) is 13.4. The number of nitrogens with zero attached hydrogens (tertiary/aromatic N) is 2. The van der Waals surface area contributed by atoms with Crippen molar-refractivity contribution in [2.75, 3.05) is 11.9 Å². The molecule has 2 aromatic rings. The predicted octanol–water partition coefficient (Wildman–Crippen LogP) is 1.06. The van der Waals surface area contributed by atoms with Gasteiger partial charge in [-0.1, -0.05) is 18.2 Å². The zero-order valence-electron chi connectivity index (χ0n) is 9.53. The van der Waals surface area contributed by atoms with Gasteiger partial charge in [0, 0.05) is 18.8 Å². The van der Waals surface area contributed by atoms with Gasteiger partial charge in [0.05, 0.1) is 6.54 Å². The standard InChI is InChI=1S/C12H15N5/c1-2-9-4-5-14-12(9)10(3-1)6-13-7-11-15-8-16-17-11/h1-3,8,13-14H,4-7H2,(H,15,16,17). The SMILES string of the molecule is c1cc2c(c(CNCc3ncn[nH]3)c1)NCC2. The van der Waals surface area contributed by atoms with Crippen LogP contribution in [0.5, 0.6) is 0 Å². The molecule has 3 N–H and O–H groups in total. The van der Waals surface area contributed by atoms with E-state index in [1.165, 1.54) is 23.1 Å². The van der Waals surface area contributed by atoms with E-state index in [0.29, 0.717) is 6.54 Å². The van der Waals surface area contributed by atoms with Crippen molar-refractivity contribution in [2.45, 2.75) is 19.5 Å². The largest absolute Gasteiger partial charge is 0.384 e. The Labute approximate surface area is 99.7 Å². The number of hydrogen-bond donors (Lipinski definition) is 3. The summed E-state index contributed by atoms with van der Waals surface area (Å²) in [5, 5.41) is 13.5. The minimum absolute atomic E-state index is 0.712. The van der Waals surface area contributed by atoms with E-state index in [2.05, 4.69) is 44.0 Å². The molecule has 0 fully saturated rings. The first-order chi connectivity index (χ1) is 8.43. The van der Waals surface area contributed by atoms with Crippen LogP contribution >= 0.6 is 0 Å². The van der Waals surface area contributed by atoms with E-state index in [1.807, 2.05) is 0 Å². The summed E-state index contributed by atoms with van der Waals surface area (Å²) in [6, 6.07) is 6.47. The van der Waals surface area contributed by atoms with Crippen molar-refractivity contribution in [1.29, 1.82) is 0 Å². The van der Waals surface area contributed by atoms with Crippen molar-refractivity contribution >= 4 is 5.69 Å². The maximum atomic E-state index is 4.08. The van der Waals surface area contributed by atoms with Crippen molar-refractivity contribution in [3.63, 3.8) is 0 Å². The molecule has 3 rings (SSSR count). The molecule has 5 heteroatoms. The molecule has 0 radical (unpaired) electrons. The third-order valence-electron chi connectivity index (χ3n) is 3.01. The smallest absolute Gasteiger partial charge is 0.138 e. The van der Waals surface area contributed by atoms with Crippen LogP contribution in [0, 0.1) is 0 Å². The van der Waals surface area contributed by atoms with Gasteiger partial charge in [-0.3, -0.25) is 5.10 Å². The molecule has 0 saturated carbocycles.